The lowest BCUT2D eigenvalue weighted by atomic mass is 10.1. The summed E-state index contributed by atoms with van der Waals surface area (Å²) in [6.07, 6.45) is 0. The van der Waals surface area contributed by atoms with E-state index in [-0.39, 0.29) is 18.3 Å². The van der Waals surface area contributed by atoms with Crippen LogP contribution < -0.4 is 4.90 Å². The number of ether oxygens (including phenoxy) is 1. The van der Waals surface area contributed by atoms with Crippen LogP contribution in [-0.4, -0.2) is 54.5 Å². The minimum Gasteiger partial charge on any atom is -0.451 e. The van der Waals surface area contributed by atoms with Gasteiger partial charge in [-0.3, -0.25) is 4.79 Å². The molecule has 3 aromatic rings. The highest BCUT2D eigenvalue weighted by Gasteiger charge is 2.23. The minimum absolute atomic E-state index is 0.217. The lowest BCUT2D eigenvalue weighted by molar-refractivity contribution is -0.134. The largest absolute Gasteiger partial charge is 0.451 e. The fourth-order valence-electron chi connectivity index (χ4n) is 3.87. The first-order valence-corrected chi connectivity index (χ1v) is 9.96. The van der Waals surface area contributed by atoms with Crippen LogP contribution in [0.1, 0.15) is 21.6 Å². The molecule has 0 unspecified atom stereocenters. The maximum Gasteiger partial charge on any atom is 0.355 e. The van der Waals surface area contributed by atoms with Gasteiger partial charge in [0.1, 0.15) is 11.5 Å². The molecule has 30 heavy (non-hydrogen) atoms. The SMILES string of the molecule is Cc1cc(C)c2cc(C(=O)OCC(=O)N3CCN(c4ccc(F)cc4)CC3)[nH]c2c1. The third-order valence-corrected chi connectivity index (χ3v) is 5.46. The monoisotopic (exact) mass is 409 g/mol. The van der Waals surface area contributed by atoms with E-state index in [2.05, 4.69) is 16.0 Å². The Hall–Kier alpha value is -3.35. The number of nitrogens with zero attached hydrogens (tertiary/aromatic N) is 2. The Bertz CT molecular complexity index is 1080. The number of carbonyl (C=O) groups is 2. The topological polar surface area (TPSA) is 65.6 Å². The van der Waals surface area contributed by atoms with Crippen LogP contribution in [0.4, 0.5) is 10.1 Å². The zero-order valence-electron chi connectivity index (χ0n) is 17.1. The number of H-pyrrole nitrogens is 1. The summed E-state index contributed by atoms with van der Waals surface area (Å²) in [6, 6.07) is 12.1. The first-order chi connectivity index (χ1) is 14.4. The van der Waals surface area contributed by atoms with Crippen molar-refractivity contribution in [3.8, 4) is 0 Å². The van der Waals surface area contributed by atoms with Gasteiger partial charge >= 0.3 is 5.97 Å². The number of carbonyl (C=O) groups excluding carboxylic acids is 2. The predicted octanol–water partition coefficient (Wildman–Crippen LogP) is 3.43. The molecule has 156 valence electrons. The van der Waals surface area contributed by atoms with Gasteiger partial charge in [0.05, 0.1) is 0 Å². The summed E-state index contributed by atoms with van der Waals surface area (Å²) in [6.45, 7) is 6.05. The number of aryl methyl sites for hydroxylation is 2. The Morgan fingerprint density at radius 1 is 1.03 bits per heavy atom. The molecule has 0 saturated carbocycles. The number of aromatic amines is 1. The molecule has 1 aromatic heterocycles. The maximum absolute atomic E-state index is 13.1. The van der Waals surface area contributed by atoms with Crippen LogP contribution in [0, 0.1) is 19.7 Å². The van der Waals surface area contributed by atoms with Crippen molar-refractivity contribution in [3.63, 3.8) is 0 Å². The lowest BCUT2D eigenvalue weighted by Gasteiger charge is -2.36. The molecule has 0 radical (unpaired) electrons. The lowest BCUT2D eigenvalue weighted by Crippen LogP contribution is -2.49. The van der Waals surface area contributed by atoms with Crippen LogP contribution in [0.25, 0.3) is 10.9 Å². The first-order valence-electron chi connectivity index (χ1n) is 9.96. The van der Waals surface area contributed by atoms with E-state index < -0.39 is 5.97 Å². The summed E-state index contributed by atoms with van der Waals surface area (Å²) >= 11 is 0. The molecule has 7 heteroatoms. The number of benzene rings is 2. The van der Waals surface area contributed by atoms with Gasteiger partial charge in [-0.25, -0.2) is 9.18 Å². The van der Waals surface area contributed by atoms with Gasteiger partial charge in [-0.1, -0.05) is 6.07 Å². The van der Waals surface area contributed by atoms with Crippen molar-refractivity contribution in [2.75, 3.05) is 37.7 Å². The van der Waals surface area contributed by atoms with E-state index in [4.69, 9.17) is 4.74 Å². The fourth-order valence-corrected chi connectivity index (χ4v) is 3.87. The number of hydrogen-bond donors (Lipinski definition) is 1. The zero-order chi connectivity index (χ0) is 21.3. The molecule has 6 nitrogen and oxygen atoms in total. The molecule has 1 fully saturated rings. The van der Waals surface area contributed by atoms with Crippen molar-refractivity contribution in [2.24, 2.45) is 0 Å². The molecule has 4 rings (SSSR count). The number of fused-ring (bicyclic) bond motifs is 1. The summed E-state index contributed by atoms with van der Waals surface area (Å²) in [4.78, 5) is 31.7. The fraction of sp³-hybridized carbons (Fsp3) is 0.304. The number of esters is 1. The molecule has 2 heterocycles. The molecule has 1 saturated heterocycles. The normalized spacial score (nSPS) is 14.2. The van der Waals surface area contributed by atoms with Crippen LogP contribution in [-0.2, 0) is 9.53 Å². The minimum atomic E-state index is -0.540. The Balaban J connectivity index is 1.31. The average molecular weight is 409 g/mol. The quantitative estimate of drug-likeness (QED) is 0.671. The van der Waals surface area contributed by atoms with E-state index in [0.717, 1.165) is 27.7 Å². The van der Waals surface area contributed by atoms with E-state index in [9.17, 15) is 14.0 Å². The number of rotatable bonds is 4. The number of nitrogens with one attached hydrogen (secondary N) is 1. The summed E-state index contributed by atoms with van der Waals surface area (Å²) in [7, 11) is 0. The van der Waals surface area contributed by atoms with Crippen LogP contribution in [0.3, 0.4) is 0 Å². The summed E-state index contributed by atoms with van der Waals surface area (Å²) in [5.41, 5.74) is 4.33. The van der Waals surface area contributed by atoms with Gasteiger partial charge in [-0.2, -0.15) is 0 Å². The predicted molar refractivity (Wildman–Crippen MR) is 113 cm³/mol. The van der Waals surface area contributed by atoms with Crippen molar-refractivity contribution in [2.45, 2.75) is 13.8 Å². The molecule has 1 aliphatic heterocycles. The molecular formula is C23H24FN3O3. The van der Waals surface area contributed by atoms with Crippen LogP contribution >= 0.6 is 0 Å². The second-order valence-electron chi connectivity index (χ2n) is 7.65. The number of anilines is 1. The Morgan fingerprint density at radius 2 is 1.73 bits per heavy atom. The Morgan fingerprint density at radius 3 is 2.43 bits per heavy atom. The van der Waals surface area contributed by atoms with Gasteiger partial charge in [0.15, 0.2) is 6.61 Å². The highest BCUT2D eigenvalue weighted by atomic mass is 19.1. The molecular weight excluding hydrogens is 385 g/mol. The van der Waals surface area contributed by atoms with Crippen molar-refractivity contribution in [1.29, 1.82) is 0 Å². The molecule has 0 atom stereocenters. The molecule has 0 aliphatic carbocycles. The highest BCUT2D eigenvalue weighted by molar-refractivity contribution is 5.97. The molecule has 2 aromatic carbocycles. The molecule has 1 aliphatic rings. The number of hydrogen-bond acceptors (Lipinski definition) is 4. The number of piperazine rings is 1. The Kier molecular flexibility index (Phi) is 5.44. The smallest absolute Gasteiger partial charge is 0.355 e. The highest BCUT2D eigenvalue weighted by Crippen LogP contribution is 2.22. The molecule has 0 spiro atoms. The van der Waals surface area contributed by atoms with E-state index in [1.54, 1.807) is 23.1 Å². The number of amides is 1. The van der Waals surface area contributed by atoms with Crippen LogP contribution in [0.2, 0.25) is 0 Å². The van der Waals surface area contributed by atoms with Gasteiger partial charge in [-0.15, -0.1) is 0 Å². The number of halogens is 1. The summed E-state index contributed by atoms with van der Waals surface area (Å²) < 4.78 is 18.3. The summed E-state index contributed by atoms with van der Waals surface area (Å²) in [5, 5.41) is 0.968. The average Bonchev–Trinajstić information content (AvgIpc) is 3.17. The second kappa shape index (κ2) is 8.18. The molecule has 1 amide bonds. The van der Waals surface area contributed by atoms with E-state index in [1.807, 2.05) is 19.9 Å². The Labute approximate surface area is 174 Å². The third-order valence-electron chi connectivity index (χ3n) is 5.46. The first kappa shape index (κ1) is 19.9. The van der Waals surface area contributed by atoms with Crippen molar-refractivity contribution >= 4 is 28.5 Å². The van der Waals surface area contributed by atoms with Gasteiger partial charge in [-0.05, 0) is 61.4 Å². The van der Waals surface area contributed by atoms with Crippen molar-refractivity contribution in [1.82, 2.24) is 9.88 Å². The number of aromatic nitrogens is 1. The van der Waals surface area contributed by atoms with Crippen LogP contribution in [0.5, 0.6) is 0 Å². The standard InChI is InChI=1S/C23H24FN3O3/c1-15-11-16(2)19-13-21(25-20(19)12-15)23(29)30-14-22(28)27-9-7-26(8-10-27)18-5-3-17(24)4-6-18/h3-6,11-13,25H,7-10,14H2,1-2H3. The third kappa shape index (κ3) is 4.15. The van der Waals surface area contributed by atoms with E-state index in [0.29, 0.717) is 31.9 Å². The van der Waals surface area contributed by atoms with Gasteiger partial charge in [0.25, 0.3) is 5.91 Å². The molecule has 0 bridgehead atoms. The van der Waals surface area contributed by atoms with E-state index in [1.165, 1.54) is 12.1 Å². The van der Waals surface area contributed by atoms with Crippen LogP contribution in [0.15, 0.2) is 42.5 Å². The zero-order valence-corrected chi connectivity index (χ0v) is 17.1. The van der Waals surface area contributed by atoms with Gasteiger partial charge < -0.3 is 19.5 Å². The van der Waals surface area contributed by atoms with E-state index >= 15 is 0 Å². The maximum atomic E-state index is 13.1. The van der Waals surface area contributed by atoms with Gasteiger partial charge in [0, 0.05) is 42.8 Å². The second-order valence-corrected chi connectivity index (χ2v) is 7.65. The van der Waals surface area contributed by atoms with Crippen molar-refractivity contribution in [3.05, 3.63) is 65.1 Å². The van der Waals surface area contributed by atoms with Gasteiger partial charge in [0.2, 0.25) is 0 Å². The summed E-state index contributed by atoms with van der Waals surface area (Å²) in [5.74, 6) is -1.03. The molecule has 1 N–H and O–H groups in total. The van der Waals surface area contributed by atoms with Crippen molar-refractivity contribution < 1.29 is 18.7 Å².